The zero-order valence-electron chi connectivity index (χ0n) is 20.9. The van der Waals surface area contributed by atoms with Gasteiger partial charge in [-0.3, -0.25) is 4.79 Å². The van der Waals surface area contributed by atoms with Crippen molar-refractivity contribution in [3.8, 4) is 0 Å². The molecule has 37 heavy (non-hydrogen) atoms. The van der Waals surface area contributed by atoms with E-state index < -0.39 is 79.3 Å². The monoisotopic (exact) mass is 536 g/mol. The molecule has 0 aromatic rings. The molecule has 1 amide bonds. The molecule has 3 aliphatic rings. The largest absolute Gasteiger partial charge is 0.394 e. The second-order valence-corrected chi connectivity index (χ2v) is 10.1. The van der Waals surface area contributed by atoms with Gasteiger partial charge in [-0.1, -0.05) is 0 Å². The van der Waals surface area contributed by atoms with Crippen LogP contribution < -0.4 is 34.0 Å². The van der Waals surface area contributed by atoms with E-state index in [-0.39, 0.29) is 45.1 Å². The molecule has 13 atom stereocenters. The van der Waals surface area contributed by atoms with E-state index in [1.54, 1.807) is 0 Å². The number of carbonyl (C=O) groups is 1. The molecule has 3 rings (SSSR count). The number of amides is 1. The molecule has 1 saturated carbocycles. The maximum Gasteiger partial charge on any atom is 0.249 e. The first kappa shape index (κ1) is 30.5. The highest BCUT2D eigenvalue weighted by Gasteiger charge is 2.49. The van der Waals surface area contributed by atoms with Crippen molar-refractivity contribution in [3.63, 3.8) is 0 Å². The quantitative estimate of drug-likeness (QED) is 0.125. The van der Waals surface area contributed by atoms with Gasteiger partial charge >= 0.3 is 0 Å². The fourth-order valence-corrected chi connectivity index (χ4v) is 5.00. The molecule has 0 radical (unpaired) electrons. The third kappa shape index (κ3) is 7.54. The Balaban J connectivity index is 1.80. The van der Waals surface area contributed by atoms with E-state index >= 15 is 0 Å². The summed E-state index contributed by atoms with van der Waals surface area (Å²) < 4.78 is 23.5. The van der Waals surface area contributed by atoms with Gasteiger partial charge in [-0.05, 0) is 38.6 Å². The number of nitrogens with one attached hydrogen (secondary N) is 1. The normalized spacial score (nSPS) is 43.8. The molecule has 0 spiro atoms. The van der Waals surface area contributed by atoms with Crippen molar-refractivity contribution in [2.45, 2.75) is 112 Å². The third-order valence-corrected chi connectivity index (χ3v) is 7.21. The first-order valence-electron chi connectivity index (χ1n) is 12.8. The molecular formula is C22H44N6O9. The minimum absolute atomic E-state index is 0.0289. The Morgan fingerprint density at radius 1 is 0.919 bits per heavy atom. The maximum absolute atomic E-state index is 12.6. The topological polar surface area (TPSA) is 277 Å². The minimum atomic E-state index is -1.43. The first-order chi connectivity index (χ1) is 17.6. The molecule has 0 bridgehead atoms. The number of hydrogen-bond donors (Lipinski definition) is 10. The summed E-state index contributed by atoms with van der Waals surface area (Å²) >= 11 is 0. The molecule has 3 fully saturated rings. The zero-order valence-corrected chi connectivity index (χ0v) is 20.9. The summed E-state index contributed by atoms with van der Waals surface area (Å²) in [5.41, 5.74) is 29.7. The Morgan fingerprint density at radius 3 is 2.24 bits per heavy atom. The summed E-state index contributed by atoms with van der Waals surface area (Å²) in [6.45, 7) is 0.0139. The SMILES string of the molecule is NCC[C@H](O)C(=O)N[C@@H]1C[C@H](N)C(O[C@@H]2OC(CN)CCC2N)C(O)[C@@H]1O[C@@H]1OC(CO)C[C@H](N)C1O. The maximum atomic E-state index is 12.6. The van der Waals surface area contributed by atoms with Crippen LogP contribution in [-0.4, -0.2) is 126 Å². The molecule has 0 aromatic heterocycles. The minimum Gasteiger partial charge on any atom is -0.394 e. The highest BCUT2D eigenvalue weighted by molar-refractivity contribution is 5.80. The number of rotatable bonds is 10. The van der Waals surface area contributed by atoms with E-state index in [0.717, 1.165) is 0 Å². The van der Waals surface area contributed by atoms with Crippen molar-refractivity contribution in [1.82, 2.24) is 5.32 Å². The first-order valence-corrected chi connectivity index (χ1v) is 12.8. The summed E-state index contributed by atoms with van der Waals surface area (Å²) in [6, 6.07) is -2.92. The van der Waals surface area contributed by atoms with Crippen LogP contribution in [-0.2, 0) is 23.7 Å². The highest BCUT2D eigenvalue weighted by Crippen LogP contribution is 2.31. The number of hydrogen-bond acceptors (Lipinski definition) is 14. The Morgan fingerprint density at radius 2 is 1.59 bits per heavy atom. The molecule has 216 valence electrons. The molecule has 1 aliphatic carbocycles. The predicted octanol–water partition coefficient (Wildman–Crippen LogP) is -5.37. The Kier molecular flexibility index (Phi) is 11.4. The molecule has 0 aromatic carbocycles. The van der Waals surface area contributed by atoms with Crippen LogP contribution in [0.1, 0.15) is 32.1 Å². The van der Waals surface area contributed by atoms with E-state index in [0.29, 0.717) is 12.8 Å². The summed E-state index contributed by atoms with van der Waals surface area (Å²) in [6.07, 6.45) is -7.88. The highest BCUT2D eigenvalue weighted by atomic mass is 16.7. The lowest BCUT2D eigenvalue weighted by Crippen LogP contribution is -2.68. The van der Waals surface area contributed by atoms with Gasteiger partial charge in [0, 0.05) is 18.6 Å². The van der Waals surface area contributed by atoms with Crippen LogP contribution in [0, 0.1) is 0 Å². The fourth-order valence-electron chi connectivity index (χ4n) is 5.00. The van der Waals surface area contributed by atoms with Crippen molar-refractivity contribution in [3.05, 3.63) is 0 Å². The van der Waals surface area contributed by atoms with Crippen molar-refractivity contribution in [1.29, 1.82) is 0 Å². The molecule has 15 N–H and O–H groups in total. The second kappa shape index (κ2) is 13.8. The van der Waals surface area contributed by atoms with E-state index in [9.17, 15) is 25.2 Å². The molecule has 15 heteroatoms. The van der Waals surface area contributed by atoms with Crippen molar-refractivity contribution in [2.75, 3.05) is 19.7 Å². The van der Waals surface area contributed by atoms with Crippen LogP contribution in [0.4, 0.5) is 0 Å². The Hall–Kier alpha value is -1.05. The summed E-state index contributed by atoms with van der Waals surface area (Å²) in [5, 5.41) is 44.2. The van der Waals surface area contributed by atoms with Gasteiger partial charge in [-0.25, -0.2) is 0 Å². The van der Waals surface area contributed by atoms with Crippen LogP contribution in [0.5, 0.6) is 0 Å². The smallest absolute Gasteiger partial charge is 0.249 e. The number of aliphatic hydroxyl groups is 4. The number of ether oxygens (including phenoxy) is 4. The van der Waals surface area contributed by atoms with E-state index in [4.69, 9.17) is 47.6 Å². The van der Waals surface area contributed by atoms with Gasteiger partial charge in [-0.2, -0.15) is 0 Å². The summed E-state index contributed by atoms with van der Waals surface area (Å²) in [5.74, 6) is -0.721. The van der Waals surface area contributed by atoms with E-state index in [1.165, 1.54) is 0 Å². The van der Waals surface area contributed by atoms with Gasteiger partial charge in [0.25, 0.3) is 0 Å². The summed E-state index contributed by atoms with van der Waals surface area (Å²) in [7, 11) is 0. The summed E-state index contributed by atoms with van der Waals surface area (Å²) in [4.78, 5) is 12.6. The van der Waals surface area contributed by atoms with E-state index in [2.05, 4.69) is 5.32 Å². The average Bonchev–Trinajstić information content (AvgIpc) is 2.87. The third-order valence-electron chi connectivity index (χ3n) is 7.21. The standard InChI is InChI=1S/C22H44N6O9/c23-4-3-15(30)20(33)28-14-6-13(27)18(36-21-11(25)2-1-9(7-24)34-21)17(32)19(14)37-22-16(31)12(26)5-10(8-29)35-22/h9-19,21-22,29-32H,1-8,23-27H2,(H,28,33)/t9?,10?,11?,12-,13-,14+,15-,16?,17?,18?,19+,21-,22-/m0/s1. The fraction of sp³-hybridized carbons (Fsp3) is 0.955. The van der Waals surface area contributed by atoms with Crippen LogP contribution in [0.2, 0.25) is 0 Å². The van der Waals surface area contributed by atoms with Crippen molar-refractivity contribution >= 4 is 5.91 Å². The van der Waals surface area contributed by atoms with Crippen LogP contribution in [0.25, 0.3) is 0 Å². The molecule has 2 saturated heterocycles. The molecular weight excluding hydrogens is 492 g/mol. The molecule has 6 unspecified atom stereocenters. The average molecular weight is 537 g/mol. The van der Waals surface area contributed by atoms with Gasteiger partial charge < -0.3 is 73.4 Å². The molecule has 2 heterocycles. The van der Waals surface area contributed by atoms with Crippen LogP contribution in [0.15, 0.2) is 0 Å². The lowest BCUT2D eigenvalue weighted by atomic mass is 9.83. The lowest BCUT2D eigenvalue weighted by molar-refractivity contribution is -0.301. The van der Waals surface area contributed by atoms with Crippen molar-refractivity contribution < 1.29 is 44.2 Å². The van der Waals surface area contributed by atoms with Gasteiger partial charge in [0.05, 0.1) is 30.9 Å². The van der Waals surface area contributed by atoms with E-state index in [1.807, 2.05) is 0 Å². The van der Waals surface area contributed by atoms with Gasteiger partial charge in [0.1, 0.15) is 30.5 Å². The van der Waals surface area contributed by atoms with Gasteiger partial charge in [0.15, 0.2) is 12.6 Å². The van der Waals surface area contributed by atoms with Crippen molar-refractivity contribution in [2.24, 2.45) is 28.7 Å². The lowest BCUT2D eigenvalue weighted by Gasteiger charge is -2.48. The Labute approximate surface area is 215 Å². The number of aliphatic hydroxyl groups excluding tert-OH is 4. The predicted molar refractivity (Wildman–Crippen MR) is 129 cm³/mol. The Bertz CT molecular complexity index is 726. The molecule has 15 nitrogen and oxygen atoms in total. The second-order valence-electron chi connectivity index (χ2n) is 10.1. The van der Waals surface area contributed by atoms with Gasteiger partial charge in [-0.15, -0.1) is 0 Å². The van der Waals surface area contributed by atoms with Crippen LogP contribution >= 0.6 is 0 Å². The molecule has 2 aliphatic heterocycles. The van der Waals surface area contributed by atoms with Crippen LogP contribution in [0.3, 0.4) is 0 Å². The number of nitrogens with two attached hydrogens (primary N) is 5. The van der Waals surface area contributed by atoms with Gasteiger partial charge in [0.2, 0.25) is 5.91 Å². The number of carbonyl (C=O) groups excluding carboxylic acids is 1. The zero-order chi connectivity index (χ0) is 27.3.